The van der Waals surface area contributed by atoms with Gasteiger partial charge >= 0.3 is 6.03 Å². The van der Waals surface area contributed by atoms with Gasteiger partial charge in [-0.05, 0) is 42.5 Å². The number of aromatic nitrogens is 2. The number of benzene rings is 3. The first-order valence-electron chi connectivity index (χ1n) is 9.39. The lowest BCUT2D eigenvalue weighted by molar-refractivity contribution is 0.108. The molecule has 0 radical (unpaired) electrons. The van der Waals surface area contributed by atoms with E-state index >= 15 is 0 Å². The van der Waals surface area contributed by atoms with Crippen molar-refractivity contribution in [2.24, 2.45) is 0 Å². The van der Waals surface area contributed by atoms with E-state index in [1.165, 1.54) is 0 Å². The van der Waals surface area contributed by atoms with Crippen LogP contribution in [0.2, 0.25) is 0 Å². The second kappa shape index (κ2) is 8.04. The zero-order valence-electron chi connectivity index (χ0n) is 16.0. The molecular weight excluding hydrogens is 416 g/mol. The van der Waals surface area contributed by atoms with Crippen molar-refractivity contribution in [3.05, 3.63) is 72.3 Å². The van der Waals surface area contributed by atoms with E-state index in [4.69, 9.17) is 9.47 Å². The van der Waals surface area contributed by atoms with Crippen molar-refractivity contribution < 1.29 is 19.1 Å². The molecule has 0 aliphatic carbocycles. The Morgan fingerprint density at radius 1 is 0.968 bits per heavy atom. The molecule has 154 valence electrons. The van der Waals surface area contributed by atoms with Gasteiger partial charge in [-0.2, -0.15) is 0 Å². The Morgan fingerprint density at radius 3 is 2.74 bits per heavy atom. The number of hydrogen-bond donors (Lipinski definition) is 3. The Hall–Kier alpha value is -3.98. The number of anilines is 1. The summed E-state index contributed by atoms with van der Waals surface area (Å²) in [4.78, 5) is 32.4. The maximum atomic E-state index is 12.3. The lowest BCUT2D eigenvalue weighted by Gasteiger charge is -2.08. The molecule has 0 saturated carbocycles. The third kappa shape index (κ3) is 4.03. The molecule has 31 heavy (non-hydrogen) atoms. The maximum Gasteiger partial charge on any atom is 0.329 e. The first kappa shape index (κ1) is 19.0. The highest BCUT2D eigenvalue weighted by atomic mass is 32.2. The Morgan fingerprint density at radius 2 is 1.84 bits per heavy atom. The molecule has 4 aromatic rings. The van der Waals surface area contributed by atoms with Crippen molar-refractivity contribution in [2.45, 2.75) is 0 Å². The molecule has 3 N–H and O–H groups in total. The monoisotopic (exact) mass is 432 g/mol. The number of para-hydroxylation sites is 2. The van der Waals surface area contributed by atoms with Crippen LogP contribution in [0.5, 0.6) is 11.5 Å². The van der Waals surface area contributed by atoms with E-state index in [0.29, 0.717) is 40.5 Å². The number of aromatic amines is 1. The average molecular weight is 432 g/mol. The highest BCUT2D eigenvalue weighted by Crippen LogP contribution is 2.33. The number of nitrogens with zero attached hydrogens (tertiary/aromatic N) is 1. The van der Waals surface area contributed by atoms with Crippen LogP contribution in [0, 0.1) is 0 Å². The topological polar surface area (TPSA) is 105 Å². The van der Waals surface area contributed by atoms with Crippen LogP contribution < -0.4 is 19.5 Å². The van der Waals surface area contributed by atoms with Gasteiger partial charge in [-0.1, -0.05) is 24.3 Å². The number of amides is 2. The van der Waals surface area contributed by atoms with Crippen molar-refractivity contribution in [1.82, 2.24) is 14.7 Å². The molecule has 0 unspecified atom stereocenters. The van der Waals surface area contributed by atoms with E-state index in [1.54, 1.807) is 24.3 Å². The maximum absolute atomic E-state index is 12.3. The predicted molar refractivity (Wildman–Crippen MR) is 118 cm³/mol. The number of rotatable bonds is 3. The van der Waals surface area contributed by atoms with Crippen LogP contribution in [-0.2, 0) is 0 Å². The van der Waals surface area contributed by atoms with Gasteiger partial charge in [0, 0.05) is 28.8 Å². The van der Waals surface area contributed by atoms with Gasteiger partial charge in [-0.3, -0.25) is 9.52 Å². The molecule has 8 nitrogen and oxygen atoms in total. The lowest BCUT2D eigenvalue weighted by atomic mass is 10.2. The van der Waals surface area contributed by atoms with Crippen LogP contribution in [0.25, 0.3) is 22.4 Å². The molecule has 0 fully saturated rings. The molecule has 0 bridgehead atoms. The summed E-state index contributed by atoms with van der Waals surface area (Å²) in [6.45, 7) is 0.133. The van der Waals surface area contributed by atoms with Crippen molar-refractivity contribution >= 4 is 39.8 Å². The van der Waals surface area contributed by atoms with Crippen LogP contribution in [0.1, 0.15) is 10.4 Å². The third-order valence-electron chi connectivity index (χ3n) is 4.63. The Labute approximate surface area is 181 Å². The van der Waals surface area contributed by atoms with Crippen LogP contribution >= 0.6 is 11.9 Å². The number of nitrogens with one attached hydrogen (secondary N) is 3. The second-order valence-corrected chi connectivity index (χ2v) is 7.48. The fourth-order valence-electron chi connectivity index (χ4n) is 3.17. The van der Waals surface area contributed by atoms with Crippen molar-refractivity contribution in [2.75, 3.05) is 12.1 Å². The van der Waals surface area contributed by atoms with Crippen LogP contribution in [-0.4, -0.2) is 27.9 Å². The third-order valence-corrected chi connectivity index (χ3v) is 5.34. The molecule has 0 spiro atoms. The van der Waals surface area contributed by atoms with Gasteiger partial charge in [0.1, 0.15) is 5.82 Å². The van der Waals surface area contributed by atoms with Crippen molar-refractivity contribution in [1.29, 1.82) is 0 Å². The van der Waals surface area contributed by atoms with Gasteiger partial charge in [0.25, 0.3) is 0 Å². The Kier molecular flexibility index (Phi) is 4.93. The quantitative estimate of drug-likeness (QED) is 0.410. The van der Waals surface area contributed by atoms with E-state index < -0.39 is 6.03 Å². The highest BCUT2D eigenvalue weighted by Gasteiger charge is 2.17. The summed E-state index contributed by atoms with van der Waals surface area (Å²) in [6.07, 6.45) is 0. The first-order chi connectivity index (χ1) is 15.2. The number of carbonyl (C=O) groups excluding carboxylic acids is 2. The van der Waals surface area contributed by atoms with Gasteiger partial charge in [0.2, 0.25) is 11.9 Å². The van der Waals surface area contributed by atoms with Gasteiger partial charge in [-0.25, -0.2) is 9.78 Å². The number of imidazole rings is 1. The highest BCUT2D eigenvalue weighted by molar-refractivity contribution is 8.12. The Balaban J connectivity index is 1.22. The fraction of sp³-hybridized carbons (Fsp3) is 0.0455. The summed E-state index contributed by atoms with van der Waals surface area (Å²) < 4.78 is 13.0. The second-order valence-electron chi connectivity index (χ2n) is 6.70. The molecular formula is C22H16N4O4S. The normalized spacial score (nSPS) is 12.0. The van der Waals surface area contributed by atoms with Crippen molar-refractivity contribution in [3.63, 3.8) is 0 Å². The minimum absolute atomic E-state index is 0.133. The molecule has 1 aliphatic rings. The molecule has 0 saturated heterocycles. The number of H-pyrrole nitrogens is 1. The van der Waals surface area contributed by atoms with E-state index in [2.05, 4.69) is 20.0 Å². The zero-order valence-corrected chi connectivity index (χ0v) is 16.9. The number of urea groups is 1. The molecule has 5 rings (SSSR count). The summed E-state index contributed by atoms with van der Waals surface area (Å²) in [6, 6.07) is 19.4. The summed E-state index contributed by atoms with van der Waals surface area (Å²) in [7, 11) is 0. The zero-order chi connectivity index (χ0) is 21.2. The molecule has 2 amide bonds. The fourth-order valence-corrected chi connectivity index (χ4v) is 3.65. The molecule has 1 aromatic heterocycles. The van der Waals surface area contributed by atoms with Gasteiger partial charge in [-0.15, -0.1) is 0 Å². The molecule has 2 heterocycles. The van der Waals surface area contributed by atoms with E-state index in [-0.39, 0.29) is 11.9 Å². The minimum Gasteiger partial charge on any atom is -0.454 e. The van der Waals surface area contributed by atoms with Crippen molar-refractivity contribution in [3.8, 4) is 22.9 Å². The lowest BCUT2D eigenvalue weighted by Crippen LogP contribution is -2.24. The number of ether oxygens (including phenoxy) is 2. The van der Waals surface area contributed by atoms with E-state index in [9.17, 15) is 9.59 Å². The van der Waals surface area contributed by atoms with E-state index in [0.717, 1.165) is 16.6 Å². The standard InChI is InChI=1S/C22H16N4O4S/c27-21(14-8-9-18-19(11-14)30-12-29-18)31-26-22(28)23-15-5-3-4-13(10-15)20-24-16-6-1-2-7-17(16)25-20/h1-11H,12H2,(H,24,25)(H2,23,26,28). The number of hydrogen-bond acceptors (Lipinski definition) is 6. The first-order valence-corrected chi connectivity index (χ1v) is 10.2. The smallest absolute Gasteiger partial charge is 0.329 e. The minimum atomic E-state index is -0.513. The SMILES string of the molecule is O=C(NSC(=O)c1ccc2c(c1)OCO2)Nc1cccc(-c2nc3ccccc3[nH]2)c1. The number of fused-ring (bicyclic) bond motifs is 2. The average Bonchev–Trinajstić information content (AvgIpc) is 3.44. The predicted octanol–water partition coefficient (Wildman–Crippen LogP) is 4.57. The van der Waals surface area contributed by atoms with Crippen LogP contribution in [0.3, 0.4) is 0 Å². The summed E-state index contributed by atoms with van der Waals surface area (Å²) >= 11 is 0.690. The molecule has 9 heteroatoms. The Bertz CT molecular complexity index is 1270. The summed E-state index contributed by atoms with van der Waals surface area (Å²) in [5.74, 6) is 1.81. The van der Waals surface area contributed by atoms with E-state index in [1.807, 2.05) is 42.5 Å². The van der Waals surface area contributed by atoms with Gasteiger partial charge in [0.05, 0.1) is 11.0 Å². The molecule has 3 aromatic carbocycles. The van der Waals surface area contributed by atoms with Crippen LogP contribution in [0.15, 0.2) is 66.7 Å². The number of carbonyl (C=O) groups is 2. The molecule has 0 atom stereocenters. The summed E-state index contributed by atoms with van der Waals surface area (Å²) in [5, 5.41) is 2.41. The largest absolute Gasteiger partial charge is 0.454 e. The summed E-state index contributed by atoms with van der Waals surface area (Å²) in [5.41, 5.74) is 3.62. The van der Waals surface area contributed by atoms with Crippen LogP contribution in [0.4, 0.5) is 10.5 Å². The van der Waals surface area contributed by atoms with Gasteiger partial charge in [0.15, 0.2) is 11.5 Å². The molecule has 1 aliphatic heterocycles. The van der Waals surface area contributed by atoms with Gasteiger partial charge < -0.3 is 19.8 Å².